The number of carboxylic acids is 1. The Labute approximate surface area is 199 Å². The van der Waals surface area contributed by atoms with E-state index in [2.05, 4.69) is 15.2 Å². The molecule has 4 aromatic rings. The monoisotopic (exact) mass is 490 g/mol. The smallest absolute Gasteiger partial charge is 0.337 e. The van der Waals surface area contributed by atoms with Crippen molar-refractivity contribution < 1.29 is 23.2 Å². The van der Waals surface area contributed by atoms with E-state index in [-0.39, 0.29) is 16.9 Å². The minimum Gasteiger partial charge on any atom is -0.478 e. The summed E-state index contributed by atoms with van der Waals surface area (Å²) in [4.78, 5) is 21.8. The third kappa shape index (κ3) is 5.09. The summed E-state index contributed by atoms with van der Waals surface area (Å²) in [5.41, 5.74) is 2.43. The van der Waals surface area contributed by atoms with Gasteiger partial charge in [-0.1, -0.05) is 54.6 Å². The molecule has 3 N–H and O–H groups in total. The van der Waals surface area contributed by atoms with Crippen molar-refractivity contribution in [2.45, 2.75) is 4.90 Å². The number of anilines is 2. The van der Waals surface area contributed by atoms with Gasteiger partial charge in [0.2, 0.25) is 0 Å². The van der Waals surface area contributed by atoms with Gasteiger partial charge in [-0.2, -0.15) is 5.10 Å². The Kier molecular flexibility index (Phi) is 6.42. The van der Waals surface area contributed by atoms with Crippen molar-refractivity contribution in [2.75, 3.05) is 10.1 Å². The highest BCUT2D eigenvalue weighted by Crippen LogP contribution is 2.29. The quantitative estimate of drug-likeness (QED) is 0.184. The normalized spacial score (nSPS) is 11.4. The molecule has 0 fully saturated rings. The molecule has 0 aliphatic carbocycles. The number of hydrazone groups is 1. The lowest BCUT2D eigenvalue weighted by atomic mass is 10.1. The van der Waals surface area contributed by atoms with Crippen LogP contribution in [0.2, 0.25) is 0 Å². The van der Waals surface area contributed by atoms with Gasteiger partial charge in [-0.25, -0.2) is 13.2 Å². The van der Waals surface area contributed by atoms with Crippen molar-refractivity contribution in [3.63, 3.8) is 0 Å². The fourth-order valence-corrected chi connectivity index (χ4v) is 4.52. The van der Waals surface area contributed by atoms with E-state index in [1.165, 1.54) is 36.5 Å². The number of aromatic carboxylic acids is 1. The van der Waals surface area contributed by atoms with Crippen LogP contribution in [0.25, 0.3) is 10.8 Å². The first-order valence-electron chi connectivity index (χ1n) is 10.2. The lowest BCUT2D eigenvalue weighted by Crippen LogP contribution is -2.16. The standard InChI is InChI=1S/C24H18N4O6S/c29-24(30)20-10-3-4-11-21(20)27-35(33,34)18-12-13-22(23(14-18)28(31)32)26-25-15-17-8-5-7-16-6-1-2-9-19(16)17/h1-15,26-27H,(H,29,30). The summed E-state index contributed by atoms with van der Waals surface area (Å²) in [6, 6.07) is 22.0. The van der Waals surface area contributed by atoms with E-state index in [4.69, 9.17) is 0 Å². The molecule has 0 aromatic heterocycles. The Morgan fingerprint density at radius 3 is 2.43 bits per heavy atom. The van der Waals surface area contributed by atoms with Gasteiger partial charge in [0, 0.05) is 11.6 Å². The van der Waals surface area contributed by atoms with Gasteiger partial charge in [0.05, 0.1) is 27.3 Å². The molecule has 0 aliphatic rings. The predicted octanol–water partition coefficient (Wildman–Crippen LogP) is 4.69. The molecule has 0 saturated carbocycles. The average molecular weight is 490 g/mol. The van der Waals surface area contributed by atoms with Gasteiger partial charge in [-0.15, -0.1) is 0 Å². The second-order valence-corrected chi connectivity index (χ2v) is 9.01. The molecule has 0 heterocycles. The number of rotatable bonds is 8. The highest BCUT2D eigenvalue weighted by atomic mass is 32.2. The van der Waals surface area contributed by atoms with Crippen LogP contribution in [0, 0.1) is 10.1 Å². The molecule has 35 heavy (non-hydrogen) atoms. The number of fused-ring (bicyclic) bond motifs is 1. The van der Waals surface area contributed by atoms with Gasteiger partial charge in [0.15, 0.2) is 0 Å². The van der Waals surface area contributed by atoms with Crippen molar-refractivity contribution in [2.24, 2.45) is 5.10 Å². The minimum absolute atomic E-state index is 0.0172. The third-order valence-electron chi connectivity index (χ3n) is 5.09. The van der Waals surface area contributed by atoms with E-state index in [1.807, 2.05) is 42.5 Å². The summed E-state index contributed by atoms with van der Waals surface area (Å²) in [6.45, 7) is 0. The molecular formula is C24H18N4O6S. The maximum Gasteiger partial charge on any atom is 0.337 e. The molecule has 0 atom stereocenters. The Hall–Kier alpha value is -4.77. The first-order chi connectivity index (χ1) is 16.8. The van der Waals surface area contributed by atoms with E-state index in [1.54, 1.807) is 0 Å². The van der Waals surface area contributed by atoms with E-state index in [9.17, 15) is 28.4 Å². The minimum atomic E-state index is -4.31. The zero-order chi connectivity index (χ0) is 25.0. The molecule has 11 heteroatoms. The topological polar surface area (TPSA) is 151 Å². The maximum absolute atomic E-state index is 12.8. The van der Waals surface area contributed by atoms with Crippen LogP contribution >= 0.6 is 0 Å². The predicted molar refractivity (Wildman–Crippen MR) is 132 cm³/mol. The van der Waals surface area contributed by atoms with Crippen LogP contribution in [-0.2, 0) is 10.0 Å². The van der Waals surface area contributed by atoms with Crippen LogP contribution in [0.15, 0.2) is 94.9 Å². The van der Waals surface area contributed by atoms with Gasteiger partial charge in [-0.3, -0.25) is 20.3 Å². The molecule has 176 valence electrons. The molecule has 0 unspecified atom stereocenters. The van der Waals surface area contributed by atoms with Crippen LogP contribution < -0.4 is 10.1 Å². The van der Waals surface area contributed by atoms with Gasteiger partial charge in [0.1, 0.15) is 5.69 Å². The average Bonchev–Trinajstić information content (AvgIpc) is 2.84. The molecule has 0 spiro atoms. The zero-order valence-corrected chi connectivity index (χ0v) is 18.8. The Morgan fingerprint density at radius 2 is 1.66 bits per heavy atom. The number of hydrogen-bond acceptors (Lipinski definition) is 7. The second kappa shape index (κ2) is 9.61. The molecule has 4 rings (SSSR count). The molecule has 4 aromatic carbocycles. The number of nitro benzene ring substituents is 1. The molecule has 0 aliphatic heterocycles. The first-order valence-corrected chi connectivity index (χ1v) is 11.6. The largest absolute Gasteiger partial charge is 0.478 e. The van der Waals surface area contributed by atoms with Crippen LogP contribution in [0.5, 0.6) is 0 Å². The molecule has 0 amide bonds. The lowest BCUT2D eigenvalue weighted by molar-refractivity contribution is -0.384. The number of nitrogens with one attached hydrogen (secondary N) is 2. The number of hydrogen-bond donors (Lipinski definition) is 3. The van der Waals surface area contributed by atoms with Crippen molar-refractivity contribution in [3.05, 3.63) is 106 Å². The number of nitrogens with zero attached hydrogens (tertiary/aromatic N) is 2. The zero-order valence-electron chi connectivity index (χ0n) is 18.0. The molecular weight excluding hydrogens is 472 g/mol. The van der Waals surface area contributed by atoms with Gasteiger partial charge < -0.3 is 5.11 Å². The number of para-hydroxylation sites is 1. The molecule has 0 radical (unpaired) electrons. The Morgan fingerprint density at radius 1 is 0.943 bits per heavy atom. The summed E-state index contributed by atoms with van der Waals surface area (Å²) in [5, 5.41) is 26.9. The van der Waals surface area contributed by atoms with Crippen LogP contribution in [0.4, 0.5) is 17.1 Å². The SMILES string of the molecule is O=C(O)c1ccccc1NS(=O)(=O)c1ccc(NN=Cc2cccc3ccccc23)c([N+](=O)[O-])c1. The van der Waals surface area contributed by atoms with Crippen LogP contribution in [0.3, 0.4) is 0 Å². The lowest BCUT2D eigenvalue weighted by Gasteiger charge is -2.11. The number of benzene rings is 4. The molecule has 0 saturated heterocycles. The number of carbonyl (C=O) groups is 1. The molecule has 10 nitrogen and oxygen atoms in total. The summed E-state index contributed by atoms with van der Waals surface area (Å²) in [7, 11) is -4.31. The van der Waals surface area contributed by atoms with Gasteiger partial charge >= 0.3 is 5.97 Å². The summed E-state index contributed by atoms with van der Waals surface area (Å²) in [5.74, 6) is -1.32. The van der Waals surface area contributed by atoms with E-state index < -0.39 is 31.5 Å². The summed E-state index contributed by atoms with van der Waals surface area (Å²) >= 11 is 0. The van der Waals surface area contributed by atoms with Gasteiger partial charge in [-0.05, 0) is 35.0 Å². The first kappa shape index (κ1) is 23.4. The highest BCUT2D eigenvalue weighted by molar-refractivity contribution is 7.92. The van der Waals surface area contributed by atoms with E-state index in [0.29, 0.717) is 0 Å². The maximum atomic E-state index is 12.8. The summed E-state index contributed by atoms with van der Waals surface area (Å²) < 4.78 is 27.8. The second-order valence-electron chi connectivity index (χ2n) is 7.33. The Bertz CT molecular complexity index is 1580. The van der Waals surface area contributed by atoms with Gasteiger partial charge in [0.25, 0.3) is 15.7 Å². The van der Waals surface area contributed by atoms with E-state index in [0.717, 1.165) is 28.5 Å². The fraction of sp³-hybridized carbons (Fsp3) is 0. The third-order valence-corrected chi connectivity index (χ3v) is 6.45. The van der Waals surface area contributed by atoms with E-state index >= 15 is 0 Å². The van der Waals surface area contributed by atoms with Crippen molar-refractivity contribution in [1.29, 1.82) is 0 Å². The Balaban J connectivity index is 1.61. The number of carboxylic acid groups (broad SMARTS) is 1. The van der Waals surface area contributed by atoms with Crippen molar-refractivity contribution in [1.82, 2.24) is 0 Å². The van der Waals surface area contributed by atoms with Crippen molar-refractivity contribution in [3.8, 4) is 0 Å². The van der Waals surface area contributed by atoms with Crippen LogP contribution in [0.1, 0.15) is 15.9 Å². The van der Waals surface area contributed by atoms with Crippen LogP contribution in [-0.4, -0.2) is 30.6 Å². The fourth-order valence-electron chi connectivity index (χ4n) is 3.42. The van der Waals surface area contributed by atoms with Crippen molar-refractivity contribution >= 4 is 50.0 Å². The molecule has 0 bridgehead atoms. The number of sulfonamides is 1. The highest BCUT2D eigenvalue weighted by Gasteiger charge is 2.23. The number of nitro groups is 1. The summed E-state index contributed by atoms with van der Waals surface area (Å²) in [6.07, 6.45) is 1.51.